The summed E-state index contributed by atoms with van der Waals surface area (Å²) < 4.78 is 5.84. The summed E-state index contributed by atoms with van der Waals surface area (Å²) in [7, 11) is 0. The molecule has 1 saturated heterocycles. The van der Waals surface area contributed by atoms with E-state index < -0.39 is 0 Å². The number of benzene rings is 2. The summed E-state index contributed by atoms with van der Waals surface area (Å²) >= 11 is 0. The van der Waals surface area contributed by atoms with Crippen molar-refractivity contribution in [2.24, 2.45) is 4.99 Å². The Balaban J connectivity index is 1.42. The van der Waals surface area contributed by atoms with Crippen LogP contribution in [0.4, 0.5) is 0 Å². The number of nitrogens with zero attached hydrogens (tertiary/aromatic N) is 2. The van der Waals surface area contributed by atoms with Crippen molar-refractivity contribution in [3.05, 3.63) is 65.7 Å². The van der Waals surface area contributed by atoms with Gasteiger partial charge in [-0.25, -0.2) is 4.99 Å². The molecule has 2 aromatic carbocycles. The van der Waals surface area contributed by atoms with Crippen LogP contribution < -0.4 is 15.4 Å². The molecule has 0 bridgehead atoms. The minimum Gasteiger partial charge on any atom is -0.489 e. The predicted octanol–water partition coefficient (Wildman–Crippen LogP) is 3.33. The number of ether oxygens (including phenoxy) is 1. The van der Waals surface area contributed by atoms with Crippen LogP contribution in [0.3, 0.4) is 0 Å². The summed E-state index contributed by atoms with van der Waals surface area (Å²) in [6.07, 6.45) is 2.61. The first-order chi connectivity index (χ1) is 14.7. The van der Waals surface area contributed by atoms with Crippen molar-refractivity contribution in [1.29, 1.82) is 0 Å². The predicted molar refractivity (Wildman–Crippen MR) is 120 cm³/mol. The number of carbonyl (C=O) groups is 1. The summed E-state index contributed by atoms with van der Waals surface area (Å²) in [4.78, 5) is 18.3. The van der Waals surface area contributed by atoms with Gasteiger partial charge in [0.15, 0.2) is 5.96 Å². The molecule has 0 spiro atoms. The lowest BCUT2D eigenvalue weighted by Gasteiger charge is -2.16. The largest absolute Gasteiger partial charge is 0.489 e. The fourth-order valence-electron chi connectivity index (χ4n) is 3.36. The lowest BCUT2D eigenvalue weighted by atomic mass is 10.2. The second-order valence-electron chi connectivity index (χ2n) is 7.38. The van der Waals surface area contributed by atoms with Gasteiger partial charge in [0.25, 0.3) is 0 Å². The van der Waals surface area contributed by atoms with Crippen molar-refractivity contribution in [2.75, 3.05) is 26.2 Å². The first-order valence-corrected chi connectivity index (χ1v) is 10.8. The first kappa shape index (κ1) is 21.7. The molecule has 0 unspecified atom stereocenters. The molecular formula is C24H32N4O2. The number of hydrogen-bond acceptors (Lipinski definition) is 3. The summed E-state index contributed by atoms with van der Waals surface area (Å²) in [6.45, 7) is 6.53. The van der Waals surface area contributed by atoms with Crippen LogP contribution in [0.1, 0.15) is 37.3 Å². The number of guanidine groups is 1. The Labute approximate surface area is 179 Å². The second-order valence-corrected chi connectivity index (χ2v) is 7.38. The molecule has 1 aliphatic rings. The lowest BCUT2D eigenvalue weighted by molar-refractivity contribution is -0.127. The zero-order valence-electron chi connectivity index (χ0n) is 17.8. The Bertz CT molecular complexity index is 806. The van der Waals surface area contributed by atoms with Crippen LogP contribution in [0.25, 0.3) is 0 Å². The van der Waals surface area contributed by atoms with Crippen molar-refractivity contribution in [1.82, 2.24) is 15.5 Å². The van der Waals surface area contributed by atoms with Crippen LogP contribution in [0.2, 0.25) is 0 Å². The first-order valence-electron chi connectivity index (χ1n) is 10.8. The van der Waals surface area contributed by atoms with Crippen LogP contribution in [-0.4, -0.2) is 42.9 Å². The van der Waals surface area contributed by atoms with Gasteiger partial charge in [0.2, 0.25) is 5.91 Å². The van der Waals surface area contributed by atoms with Gasteiger partial charge in [-0.15, -0.1) is 0 Å². The molecule has 6 heteroatoms. The zero-order chi connectivity index (χ0) is 21.0. The Morgan fingerprint density at radius 1 is 1.07 bits per heavy atom. The standard InChI is InChI=1S/C24H32N4O2/c1-2-25-24(26-15-7-17-28-16-6-10-23(28)29)27-18-20-11-13-22(14-12-20)30-19-21-8-4-3-5-9-21/h3-5,8-9,11-14H,2,6-7,10,15-19H2,1H3,(H2,25,26,27). The number of aliphatic imine (C=N–C) groups is 1. The number of nitrogens with one attached hydrogen (secondary N) is 2. The fourth-order valence-corrected chi connectivity index (χ4v) is 3.36. The minimum absolute atomic E-state index is 0.284. The monoisotopic (exact) mass is 408 g/mol. The van der Waals surface area contributed by atoms with Crippen molar-refractivity contribution in [3.63, 3.8) is 0 Å². The van der Waals surface area contributed by atoms with Crippen molar-refractivity contribution in [2.45, 2.75) is 39.3 Å². The fraction of sp³-hybridized carbons (Fsp3) is 0.417. The topological polar surface area (TPSA) is 66.0 Å². The molecule has 6 nitrogen and oxygen atoms in total. The molecule has 1 fully saturated rings. The van der Waals surface area contributed by atoms with E-state index in [9.17, 15) is 4.79 Å². The van der Waals surface area contributed by atoms with Gasteiger partial charge >= 0.3 is 0 Å². The van der Waals surface area contributed by atoms with Crippen LogP contribution in [0, 0.1) is 0 Å². The molecule has 160 valence electrons. The highest BCUT2D eigenvalue weighted by Gasteiger charge is 2.18. The van der Waals surface area contributed by atoms with E-state index in [4.69, 9.17) is 4.74 Å². The van der Waals surface area contributed by atoms with Gasteiger partial charge in [-0.05, 0) is 43.0 Å². The van der Waals surface area contributed by atoms with Crippen LogP contribution >= 0.6 is 0 Å². The van der Waals surface area contributed by atoms with Gasteiger partial charge < -0.3 is 20.3 Å². The molecule has 1 heterocycles. The van der Waals surface area contributed by atoms with Gasteiger partial charge in [-0.2, -0.15) is 0 Å². The SMILES string of the molecule is CCNC(=NCc1ccc(OCc2ccccc2)cc1)NCCCN1CCCC1=O. The maximum Gasteiger partial charge on any atom is 0.222 e. The number of carbonyl (C=O) groups excluding carboxylic acids is 1. The van der Waals surface area contributed by atoms with E-state index in [1.54, 1.807) is 0 Å². The molecule has 0 aliphatic carbocycles. The molecule has 0 atom stereocenters. The van der Waals surface area contributed by atoms with Crippen molar-refractivity contribution < 1.29 is 9.53 Å². The van der Waals surface area contributed by atoms with Crippen LogP contribution in [0.15, 0.2) is 59.6 Å². The zero-order valence-corrected chi connectivity index (χ0v) is 17.8. The van der Waals surface area contributed by atoms with E-state index in [-0.39, 0.29) is 5.91 Å². The molecule has 3 rings (SSSR count). The Hall–Kier alpha value is -3.02. The van der Waals surface area contributed by atoms with Crippen molar-refractivity contribution in [3.8, 4) is 5.75 Å². The molecule has 30 heavy (non-hydrogen) atoms. The summed E-state index contributed by atoms with van der Waals surface area (Å²) in [5.74, 6) is 1.94. The average Bonchev–Trinajstić information content (AvgIpc) is 3.19. The maximum atomic E-state index is 11.7. The Kier molecular flexibility index (Phi) is 8.57. The average molecular weight is 409 g/mol. The smallest absolute Gasteiger partial charge is 0.222 e. The van der Waals surface area contributed by atoms with E-state index in [0.717, 1.165) is 61.9 Å². The van der Waals surface area contributed by atoms with Crippen LogP contribution in [-0.2, 0) is 17.9 Å². The highest BCUT2D eigenvalue weighted by Crippen LogP contribution is 2.15. The number of hydrogen-bond donors (Lipinski definition) is 2. The van der Waals surface area contributed by atoms with Gasteiger partial charge in [0.1, 0.15) is 12.4 Å². The van der Waals surface area contributed by atoms with E-state index in [1.165, 1.54) is 0 Å². The van der Waals surface area contributed by atoms with Gasteiger partial charge in [-0.3, -0.25) is 4.79 Å². The Morgan fingerprint density at radius 2 is 1.87 bits per heavy atom. The van der Waals surface area contributed by atoms with Crippen molar-refractivity contribution >= 4 is 11.9 Å². The van der Waals surface area contributed by atoms with E-state index in [0.29, 0.717) is 19.6 Å². The molecule has 2 aromatic rings. The molecule has 1 amide bonds. The van der Waals surface area contributed by atoms with E-state index in [2.05, 4.69) is 34.7 Å². The third-order valence-electron chi connectivity index (χ3n) is 5.00. The van der Waals surface area contributed by atoms with Crippen LogP contribution in [0.5, 0.6) is 5.75 Å². The summed E-state index contributed by atoms with van der Waals surface area (Å²) in [6, 6.07) is 18.2. The molecule has 0 saturated carbocycles. The molecule has 1 aliphatic heterocycles. The molecule has 2 N–H and O–H groups in total. The molecular weight excluding hydrogens is 376 g/mol. The third kappa shape index (κ3) is 7.10. The minimum atomic E-state index is 0.284. The summed E-state index contributed by atoms with van der Waals surface area (Å²) in [5.41, 5.74) is 2.28. The lowest BCUT2D eigenvalue weighted by Crippen LogP contribution is -2.39. The van der Waals surface area contributed by atoms with Gasteiger partial charge in [0, 0.05) is 32.6 Å². The van der Waals surface area contributed by atoms with E-state index >= 15 is 0 Å². The summed E-state index contributed by atoms with van der Waals surface area (Å²) in [5, 5.41) is 6.63. The highest BCUT2D eigenvalue weighted by atomic mass is 16.5. The van der Waals surface area contributed by atoms with Gasteiger partial charge in [0.05, 0.1) is 6.54 Å². The highest BCUT2D eigenvalue weighted by molar-refractivity contribution is 5.79. The van der Waals surface area contributed by atoms with E-state index in [1.807, 2.05) is 47.4 Å². The molecule has 0 radical (unpaired) electrons. The number of likely N-dealkylation sites (tertiary alicyclic amines) is 1. The second kappa shape index (κ2) is 11.9. The third-order valence-corrected chi connectivity index (χ3v) is 5.00. The number of amides is 1. The number of rotatable bonds is 10. The normalized spacial score (nSPS) is 14.1. The quantitative estimate of drug-likeness (QED) is 0.360. The maximum absolute atomic E-state index is 11.7. The van der Waals surface area contributed by atoms with Gasteiger partial charge in [-0.1, -0.05) is 42.5 Å². The Morgan fingerprint density at radius 3 is 2.57 bits per heavy atom. The molecule has 0 aromatic heterocycles.